The lowest BCUT2D eigenvalue weighted by Gasteiger charge is -2.20. The van der Waals surface area contributed by atoms with E-state index < -0.39 is 7.12 Å². The second-order valence-electron chi connectivity index (χ2n) is 11.2. The lowest BCUT2D eigenvalue weighted by molar-refractivity contribution is -0.127. The van der Waals surface area contributed by atoms with E-state index in [1.807, 2.05) is 11.0 Å². The predicted molar refractivity (Wildman–Crippen MR) is 170 cm³/mol. The molecule has 3 aromatic rings. The Bertz CT molecular complexity index is 1510. The van der Waals surface area contributed by atoms with Crippen LogP contribution in [-0.2, 0) is 20.7 Å². The van der Waals surface area contributed by atoms with E-state index in [0.29, 0.717) is 30.8 Å². The van der Waals surface area contributed by atoms with Crippen LogP contribution in [0, 0.1) is 20.8 Å². The highest BCUT2D eigenvalue weighted by Crippen LogP contribution is 2.34. The van der Waals surface area contributed by atoms with Gasteiger partial charge in [-0.15, -0.1) is 0 Å². The Hall–Kier alpha value is -4.73. The van der Waals surface area contributed by atoms with E-state index in [4.69, 9.17) is 18.8 Å². The number of aliphatic hydroxyl groups excluding tert-OH is 2. The number of hydrogen-bond donors (Lipinski definition) is 2. The molecule has 5 rings (SSSR count). The van der Waals surface area contributed by atoms with Crippen LogP contribution in [0.4, 0.5) is 0 Å². The molecule has 2 aliphatic heterocycles. The first-order chi connectivity index (χ1) is 21.2. The molecule has 0 atom stereocenters. The minimum absolute atomic E-state index is 0.250. The number of amides is 1. The summed E-state index contributed by atoms with van der Waals surface area (Å²) in [6, 6.07) is 17.5. The van der Waals surface area contributed by atoms with Crippen molar-refractivity contribution in [3.8, 4) is 22.6 Å². The van der Waals surface area contributed by atoms with Crippen LogP contribution in [-0.4, -0.2) is 59.8 Å². The third-order valence-electron chi connectivity index (χ3n) is 7.86. The Kier molecular flexibility index (Phi) is 9.58. The molecule has 10 heteroatoms. The van der Waals surface area contributed by atoms with Crippen molar-refractivity contribution in [2.75, 3.05) is 26.7 Å². The van der Waals surface area contributed by atoms with Crippen molar-refractivity contribution in [3.05, 3.63) is 101 Å². The number of aryl methyl sites for hydroxylation is 2. The van der Waals surface area contributed by atoms with Gasteiger partial charge in [0, 0.05) is 32.0 Å². The fourth-order valence-corrected chi connectivity index (χ4v) is 5.64. The quantitative estimate of drug-likeness (QED) is 0.229. The first-order valence-corrected chi connectivity index (χ1v) is 14.9. The van der Waals surface area contributed by atoms with Crippen LogP contribution in [0.5, 0.6) is 11.5 Å². The van der Waals surface area contributed by atoms with Gasteiger partial charge < -0.3 is 38.8 Å². The molecule has 0 unspecified atom stereocenters. The second kappa shape index (κ2) is 13.7. The first kappa shape index (κ1) is 30.7. The van der Waals surface area contributed by atoms with Crippen molar-refractivity contribution in [3.63, 3.8) is 0 Å². The van der Waals surface area contributed by atoms with Gasteiger partial charge in [0.15, 0.2) is 0 Å². The van der Waals surface area contributed by atoms with Gasteiger partial charge in [0.2, 0.25) is 5.91 Å². The standard InChI is InChI=1S/C34H39BN2O7/c1-23-18-29(41-17-7-16-37-15-6-10-31(37)38)19-24(2)34(23)30-9-5-8-26(25(30)3)22-42-28-13-11-27(12-14-28)35-43-32(39)20-36(4)21-33(40)44-35/h5,8-9,11-14,18-21,39-40H,6-7,10,15-17,22H2,1-4H3/b32-20-,33-21?. The van der Waals surface area contributed by atoms with Gasteiger partial charge in [0.05, 0.1) is 19.0 Å². The van der Waals surface area contributed by atoms with Crippen molar-refractivity contribution in [2.45, 2.75) is 46.6 Å². The van der Waals surface area contributed by atoms with Gasteiger partial charge in [-0.2, -0.15) is 0 Å². The molecular formula is C34H39BN2O7. The molecule has 1 saturated heterocycles. The minimum Gasteiger partial charge on any atom is -0.494 e. The zero-order valence-corrected chi connectivity index (χ0v) is 25.7. The van der Waals surface area contributed by atoms with Crippen molar-refractivity contribution >= 4 is 18.5 Å². The number of aliphatic hydroxyl groups is 2. The number of benzene rings is 3. The highest BCUT2D eigenvalue weighted by molar-refractivity contribution is 6.61. The number of carbonyl (C=O) groups is 1. The fraction of sp³-hybridized carbons (Fsp3) is 0.324. The SMILES string of the molecule is Cc1cc(OCCCN2CCCC2=O)cc(C)c1-c1cccc(COc2ccc(B3OC(O)=CN(C)/C=C(/O)O3)cc2)c1C. The minimum atomic E-state index is -1.02. The number of ether oxygens (including phenoxy) is 2. The maximum atomic E-state index is 11.8. The molecule has 0 bridgehead atoms. The number of likely N-dealkylation sites (tertiary alicyclic amines) is 1. The summed E-state index contributed by atoms with van der Waals surface area (Å²) in [7, 11) is 0.606. The summed E-state index contributed by atoms with van der Waals surface area (Å²) in [6.45, 7) is 8.89. The molecule has 2 heterocycles. The summed E-state index contributed by atoms with van der Waals surface area (Å²) >= 11 is 0. The molecule has 0 aliphatic carbocycles. The van der Waals surface area contributed by atoms with Gasteiger partial charge in [-0.3, -0.25) is 4.79 Å². The zero-order chi connectivity index (χ0) is 31.2. The van der Waals surface area contributed by atoms with Crippen molar-refractivity contribution in [2.24, 2.45) is 0 Å². The maximum Gasteiger partial charge on any atom is 0.636 e. The molecule has 44 heavy (non-hydrogen) atoms. The van der Waals surface area contributed by atoms with Gasteiger partial charge in [-0.05, 0) is 91.3 Å². The Morgan fingerprint density at radius 2 is 1.59 bits per heavy atom. The average molecular weight is 599 g/mol. The summed E-state index contributed by atoms with van der Waals surface area (Å²) in [4.78, 5) is 15.2. The van der Waals surface area contributed by atoms with Crippen LogP contribution in [0.15, 0.2) is 78.9 Å². The molecule has 0 saturated carbocycles. The summed E-state index contributed by atoms with van der Waals surface area (Å²) in [5, 5.41) is 20.0. The average Bonchev–Trinajstić information content (AvgIpc) is 3.38. The van der Waals surface area contributed by atoms with Crippen LogP contribution in [0.3, 0.4) is 0 Å². The lowest BCUT2D eigenvalue weighted by Crippen LogP contribution is -2.37. The number of rotatable bonds is 10. The smallest absolute Gasteiger partial charge is 0.494 e. The highest BCUT2D eigenvalue weighted by Gasteiger charge is 2.30. The van der Waals surface area contributed by atoms with Crippen LogP contribution >= 0.6 is 0 Å². The Morgan fingerprint density at radius 3 is 2.23 bits per heavy atom. The van der Waals surface area contributed by atoms with E-state index in [2.05, 4.69) is 45.0 Å². The normalized spacial score (nSPS) is 16.4. The van der Waals surface area contributed by atoms with E-state index in [9.17, 15) is 15.0 Å². The molecule has 0 spiro atoms. The third kappa shape index (κ3) is 7.43. The van der Waals surface area contributed by atoms with Crippen LogP contribution < -0.4 is 14.9 Å². The zero-order valence-electron chi connectivity index (χ0n) is 25.7. The topological polar surface area (TPSA) is 101 Å². The van der Waals surface area contributed by atoms with E-state index in [-0.39, 0.29) is 17.8 Å². The molecule has 2 aliphatic rings. The summed E-state index contributed by atoms with van der Waals surface area (Å²) in [5.41, 5.74) is 7.43. The van der Waals surface area contributed by atoms with Gasteiger partial charge >= 0.3 is 7.12 Å². The van der Waals surface area contributed by atoms with Crippen molar-refractivity contribution < 1.29 is 33.8 Å². The maximum absolute atomic E-state index is 11.8. The van der Waals surface area contributed by atoms with Gasteiger partial charge in [-0.25, -0.2) is 0 Å². The van der Waals surface area contributed by atoms with E-state index >= 15 is 0 Å². The van der Waals surface area contributed by atoms with Gasteiger partial charge in [-0.1, -0.05) is 30.3 Å². The van der Waals surface area contributed by atoms with E-state index in [1.54, 1.807) is 31.3 Å². The number of carbonyl (C=O) groups excluding carboxylic acids is 1. The molecule has 230 valence electrons. The molecule has 3 aromatic carbocycles. The third-order valence-corrected chi connectivity index (χ3v) is 7.86. The number of nitrogens with zero attached hydrogens (tertiary/aromatic N) is 2. The second-order valence-corrected chi connectivity index (χ2v) is 11.2. The van der Waals surface area contributed by atoms with E-state index in [1.165, 1.54) is 22.9 Å². The Balaban J connectivity index is 1.21. The molecule has 2 N–H and O–H groups in total. The molecule has 0 radical (unpaired) electrons. The Labute approximate surface area is 259 Å². The van der Waals surface area contributed by atoms with Gasteiger partial charge in [0.1, 0.15) is 18.1 Å². The Morgan fingerprint density at radius 1 is 0.909 bits per heavy atom. The van der Waals surface area contributed by atoms with Crippen LogP contribution in [0.25, 0.3) is 11.1 Å². The molecule has 1 fully saturated rings. The summed E-state index contributed by atoms with van der Waals surface area (Å²) in [5.74, 6) is 1.08. The monoisotopic (exact) mass is 598 g/mol. The van der Waals surface area contributed by atoms with Crippen LogP contribution in [0.1, 0.15) is 41.5 Å². The summed E-state index contributed by atoms with van der Waals surface area (Å²) < 4.78 is 23.0. The molecular weight excluding hydrogens is 559 g/mol. The fourth-order valence-electron chi connectivity index (χ4n) is 5.64. The summed E-state index contributed by atoms with van der Waals surface area (Å²) in [6.07, 6.45) is 5.10. The largest absolute Gasteiger partial charge is 0.636 e. The molecule has 1 amide bonds. The number of hydrogen-bond acceptors (Lipinski definition) is 8. The van der Waals surface area contributed by atoms with Crippen LogP contribution in [0.2, 0.25) is 0 Å². The molecule has 0 aromatic heterocycles. The van der Waals surface area contributed by atoms with Crippen molar-refractivity contribution in [1.29, 1.82) is 0 Å². The van der Waals surface area contributed by atoms with Crippen molar-refractivity contribution in [1.82, 2.24) is 9.80 Å². The van der Waals surface area contributed by atoms with E-state index in [0.717, 1.165) is 59.5 Å². The first-order valence-electron chi connectivity index (χ1n) is 14.9. The highest BCUT2D eigenvalue weighted by atomic mass is 16.7. The molecule has 9 nitrogen and oxygen atoms in total. The van der Waals surface area contributed by atoms with Gasteiger partial charge in [0.25, 0.3) is 11.9 Å². The lowest BCUT2D eigenvalue weighted by atomic mass is 9.79. The predicted octanol–water partition coefficient (Wildman–Crippen LogP) is 5.64.